The fraction of sp³-hybridized carbons (Fsp3) is 0.286. The summed E-state index contributed by atoms with van der Waals surface area (Å²) in [6, 6.07) is 18.2. The number of nitrogens with zero attached hydrogens (tertiary/aromatic N) is 4. The van der Waals surface area contributed by atoms with Crippen molar-refractivity contribution in [2.75, 3.05) is 29.7 Å². The SMILES string of the molecule is c1cc(N2CCCS2)ccc1-c1cnc2[nH]cc(-c3ccc4ncn(C5CCCNC5)c4c3)c2c1. The van der Waals surface area contributed by atoms with E-state index in [1.807, 2.05) is 24.5 Å². The van der Waals surface area contributed by atoms with Crippen molar-refractivity contribution in [2.24, 2.45) is 0 Å². The molecule has 2 aliphatic heterocycles. The van der Waals surface area contributed by atoms with Gasteiger partial charge in [0.2, 0.25) is 0 Å². The van der Waals surface area contributed by atoms with Crippen LogP contribution in [-0.4, -0.2) is 44.9 Å². The molecule has 1 unspecified atom stereocenters. The van der Waals surface area contributed by atoms with Crippen LogP contribution in [0.15, 0.2) is 67.3 Å². The molecule has 2 fully saturated rings. The lowest BCUT2D eigenvalue weighted by Crippen LogP contribution is -2.31. The average Bonchev–Trinajstić information content (AvgIpc) is 3.68. The molecule has 7 heteroatoms. The molecule has 0 bridgehead atoms. The molecule has 0 amide bonds. The molecule has 176 valence electrons. The molecule has 7 rings (SSSR count). The zero-order chi connectivity index (χ0) is 23.2. The third kappa shape index (κ3) is 3.79. The Hall–Kier alpha value is -3.29. The Morgan fingerprint density at radius 2 is 1.86 bits per heavy atom. The Balaban J connectivity index is 1.25. The lowest BCUT2D eigenvalue weighted by atomic mass is 10.0. The second-order valence-corrected chi connectivity index (χ2v) is 10.6. The zero-order valence-electron chi connectivity index (χ0n) is 19.6. The maximum Gasteiger partial charge on any atom is 0.137 e. The molecular weight excluding hydrogens is 452 g/mol. The molecule has 0 aliphatic carbocycles. The van der Waals surface area contributed by atoms with E-state index in [4.69, 9.17) is 4.98 Å². The van der Waals surface area contributed by atoms with Gasteiger partial charge in [-0.3, -0.25) is 0 Å². The number of rotatable bonds is 4. The van der Waals surface area contributed by atoms with E-state index in [1.54, 1.807) is 0 Å². The maximum atomic E-state index is 4.75. The first-order chi connectivity index (χ1) is 17.3. The summed E-state index contributed by atoms with van der Waals surface area (Å²) in [7, 11) is 0. The fourth-order valence-corrected chi connectivity index (χ4v) is 6.43. The lowest BCUT2D eigenvalue weighted by Gasteiger charge is -2.24. The van der Waals surface area contributed by atoms with E-state index in [1.165, 1.54) is 52.9 Å². The first-order valence-corrected chi connectivity index (χ1v) is 13.4. The maximum absolute atomic E-state index is 4.75. The topological polar surface area (TPSA) is 61.8 Å². The Bertz CT molecular complexity index is 1490. The number of anilines is 1. The van der Waals surface area contributed by atoms with Crippen molar-refractivity contribution in [1.82, 2.24) is 24.8 Å². The van der Waals surface area contributed by atoms with Crippen LogP contribution in [-0.2, 0) is 0 Å². The summed E-state index contributed by atoms with van der Waals surface area (Å²) in [4.78, 5) is 12.8. The molecule has 0 spiro atoms. The monoisotopic (exact) mass is 480 g/mol. The average molecular weight is 481 g/mol. The van der Waals surface area contributed by atoms with Gasteiger partial charge in [0.25, 0.3) is 0 Å². The highest BCUT2D eigenvalue weighted by Gasteiger charge is 2.18. The number of imidazole rings is 1. The molecule has 2 saturated heterocycles. The van der Waals surface area contributed by atoms with E-state index in [0.29, 0.717) is 6.04 Å². The number of aromatic nitrogens is 4. The number of pyridine rings is 1. The number of hydrogen-bond donors (Lipinski definition) is 2. The van der Waals surface area contributed by atoms with Gasteiger partial charge in [-0.05, 0) is 79.2 Å². The van der Waals surface area contributed by atoms with Crippen molar-refractivity contribution in [1.29, 1.82) is 0 Å². The summed E-state index contributed by atoms with van der Waals surface area (Å²) in [6.45, 7) is 3.25. The van der Waals surface area contributed by atoms with Crippen molar-refractivity contribution in [3.63, 3.8) is 0 Å². The first-order valence-electron chi connectivity index (χ1n) is 12.5. The van der Waals surface area contributed by atoms with Crippen LogP contribution in [0.25, 0.3) is 44.3 Å². The third-order valence-corrected chi connectivity index (χ3v) is 8.50. The Labute approximate surface area is 208 Å². The molecule has 5 heterocycles. The molecule has 6 nitrogen and oxygen atoms in total. The molecule has 2 aliphatic rings. The minimum Gasteiger partial charge on any atom is -0.346 e. The van der Waals surface area contributed by atoms with E-state index in [2.05, 4.69) is 78.9 Å². The number of hydrogen-bond acceptors (Lipinski definition) is 5. The standard InChI is InChI=1S/C28H28N6S/c1-3-23(16-29-10-1)33-18-32-26-9-6-20(14-27(26)33)25-17-31-28-24(25)13-21(15-30-28)19-4-7-22(8-5-19)34-11-2-12-35-34/h4-9,13-15,17-18,23,29H,1-3,10-12,16H2,(H,30,31). The van der Waals surface area contributed by atoms with Gasteiger partial charge >= 0.3 is 0 Å². The lowest BCUT2D eigenvalue weighted by molar-refractivity contribution is 0.378. The Kier molecular flexibility index (Phi) is 5.25. The highest BCUT2D eigenvalue weighted by Crippen LogP contribution is 2.35. The Morgan fingerprint density at radius 3 is 2.69 bits per heavy atom. The smallest absolute Gasteiger partial charge is 0.137 e. The van der Waals surface area contributed by atoms with E-state index >= 15 is 0 Å². The second kappa shape index (κ2) is 8.73. The molecule has 0 radical (unpaired) electrons. The van der Waals surface area contributed by atoms with E-state index < -0.39 is 0 Å². The van der Waals surface area contributed by atoms with Gasteiger partial charge in [-0.1, -0.05) is 18.2 Å². The quantitative estimate of drug-likeness (QED) is 0.308. The summed E-state index contributed by atoms with van der Waals surface area (Å²) in [5.74, 6) is 1.21. The van der Waals surface area contributed by atoms with Gasteiger partial charge in [0.05, 0.1) is 17.4 Å². The van der Waals surface area contributed by atoms with Gasteiger partial charge in [-0.15, -0.1) is 0 Å². The highest BCUT2D eigenvalue weighted by atomic mass is 32.2. The minimum absolute atomic E-state index is 0.460. The van der Waals surface area contributed by atoms with Crippen LogP contribution < -0.4 is 9.62 Å². The second-order valence-electron chi connectivity index (χ2n) is 9.51. The van der Waals surface area contributed by atoms with Crippen molar-refractivity contribution < 1.29 is 0 Å². The van der Waals surface area contributed by atoms with Gasteiger partial charge in [0.15, 0.2) is 0 Å². The van der Waals surface area contributed by atoms with Crippen LogP contribution in [0.1, 0.15) is 25.3 Å². The van der Waals surface area contributed by atoms with Crippen LogP contribution in [0, 0.1) is 0 Å². The predicted molar refractivity (Wildman–Crippen MR) is 146 cm³/mol. The van der Waals surface area contributed by atoms with Crippen molar-refractivity contribution in [3.05, 3.63) is 67.3 Å². The molecule has 1 atom stereocenters. The van der Waals surface area contributed by atoms with Crippen molar-refractivity contribution in [3.8, 4) is 22.3 Å². The van der Waals surface area contributed by atoms with Crippen LogP contribution in [0.4, 0.5) is 5.69 Å². The van der Waals surface area contributed by atoms with Gasteiger partial charge in [0.1, 0.15) is 5.65 Å². The molecule has 35 heavy (non-hydrogen) atoms. The van der Waals surface area contributed by atoms with Crippen LogP contribution in [0.3, 0.4) is 0 Å². The number of fused-ring (bicyclic) bond motifs is 2. The van der Waals surface area contributed by atoms with Crippen LogP contribution >= 0.6 is 11.9 Å². The van der Waals surface area contributed by atoms with E-state index in [9.17, 15) is 0 Å². The van der Waals surface area contributed by atoms with Gasteiger partial charge < -0.3 is 19.2 Å². The molecule has 5 aromatic rings. The largest absolute Gasteiger partial charge is 0.346 e. The number of nitrogens with one attached hydrogen (secondary N) is 2. The first kappa shape index (κ1) is 21.0. The fourth-order valence-electron chi connectivity index (χ4n) is 5.43. The molecule has 2 N–H and O–H groups in total. The Morgan fingerprint density at radius 1 is 0.943 bits per heavy atom. The van der Waals surface area contributed by atoms with E-state index in [-0.39, 0.29) is 0 Å². The van der Waals surface area contributed by atoms with Gasteiger partial charge in [-0.25, -0.2) is 9.97 Å². The van der Waals surface area contributed by atoms with Crippen LogP contribution in [0.5, 0.6) is 0 Å². The molecular formula is C28H28N6S. The number of aromatic amines is 1. The molecule has 3 aromatic heterocycles. The summed E-state index contributed by atoms with van der Waals surface area (Å²) < 4.78 is 4.74. The minimum atomic E-state index is 0.460. The van der Waals surface area contributed by atoms with E-state index in [0.717, 1.165) is 41.7 Å². The number of H-pyrrole nitrogens is 1. The summed E-state index contributed by atoms with van der Waals surface area (Å²) >= 11 is 1.92. The van der Waals surface area contributed by atoms with Crippen molar-refractivity contribution >= 4 is 39.7 Å². The number of piperidine rings is 1. The van der Waals surface area contributed by atoms with Crippen molar-refractivity contribution in [2.45, 2.75) is 25.3 Å². The van der Waals surface area contributed by atoms with Gasteiger partial charge in [0, 0.05) is 59.5 Å². The van der Waals surface area contributed by atoms with Crippen LogP contribution in [0.2, 0.25) is 0 Å². The third-order valence-electron chi connectivity index (χ3n) is 7.32. The highest BCUT2D eigenvalue weighted by molar-refractivity contribution is 8.00. The summed E-state index contributed by atoms with van der Waals surface area (Å²) in [5, 5.41) is 4.67. The molecule has 2 aromatic carbocycles. The summed E-state index contributed by atoms with van der Waals surface area (Å²) in [5.41, 5.74) is 9.14. The number of benzene rings is 2. The normalized spacial score (nSPS) is 18.6. The zero-order valence-corrected chi connectivity index (χ0v) is 20.4. The predicted octanol–water partition coefficient (Wildman–Crippen LogP) is 6.03. The summed E-state index contributed by atoms with van der Waals surface area (Å²) in [6.07, 6.45) is 9.71. The van der Waals surface area contributed by atoms with Gasteiger partial charge in [-0.2, -0.15) is 0 Å². The molecule has 0 saturated carbocycles.